The van der Waals surface area contributed by atoms with Gasteiger partial charge in [0.15, 0.2) is 22.4 Å². The van der Waals surface area contributed by atoms with Crippen molar-refractivity contribution < 1.29 is 13.6 Å². The second-order valence-electron chi connectivity index (χ2n) is 12.1. The van der Waals surface area contributed by atoms with Crippen LogP contribution >= 0.6 is 0 Å². The Morgan fingerprint density at radius 3 is 1.79 bits per heavy atom. The van der Waals surface area contributed by atoms with Crippen LogP contribution in [0.1, 0.15) is 68.2 Å². The molecule has 4 atom stereocenters. The number of hydrogen-bond acceptors (Lipinski definition) is 3. The van der Waals surface area contributed by atoms with E-state index in [9.17, 15) is 4.79 Å². The maximum Gasteiger partial charge on any atom is 0.193 e. The molecule has 1 fully saturated rings. The molecule has 162 valence electrons. The van der Waals surface area contributed by atoms with Crippen molar-refractivity contribution in [1.82, 2.24) is 0 Å². The van der Waals surface area contributed by atoms with E-state index in [4.69, 9.17) is 8.85 Å². The second kappa shape index (κ2) is 7.47. The lowest BCUT2D eigenvalue weighted by Gasteiger charge is -2.48. The van der Waals surface area contributed by atoms with Gasteiger partial charge in [0, 0.05) is 5.92 Å². The molecule has 0 radical (unpaired) electrons. The van der Waals surface area contributed by atoms with Gasteiger partial charge in [0.2, 0.25) is 0 Å². The van der Waals surface area contributed by atoms with Crippen LogP contribution in [0.5, 0.6) is 0 Å². The smallest absolute Gasteiger partial charge is 0.193 e. The third-order valence-corrected chi connectivity index (χ3v) is 17.1. The van der Waals surface area contributed by atoms with Crippen LogP contribution in [0.25, 0.3) is 0 Å². The third-order valence-electron chi connectivity index (χ3n) is 8.11. The molecule has 0 aliphatic heterocycles. The van der Waals surface area contributed by atoms with Gasteiger partial charge in [-0.2, -0.15) is 0 Å². The zero-order chi connectivity index (χ0) is 21.9. The summed E-state index contributed by atoms with van der Waals surface area (Å²) in [6.07, 6.45) is 2.03. The Morgan fingerprint density at radius 1 is 0.857 bits per heavy atom. The average Bonchev–Trinajstić information content (AvgIpc) is 2.71. The molecular formula is C23H44O3Si2. The van der Waals surface area contributed by atoms with Crippen LogP contribution in [0, 0.1) is 11.8 Å². The molecule has 0 aromatic rings. The van der Waals surface area contributed by atoms with Gasteiger partial charge in [0.25, 0.3) is 0 Å². The summed E-state index contributed by atoms with van der Waals surface area (Å²) in [6.45, 7) is 27.1. The highest BCUT2D eigenvalue weighted by Crippen LogP contribution is 2.49. The lowest BCUT2D eigenvalue weighted by Crippen LogP contribution is -2.54. The number of fused-ring (bicyclic) bond motifs is 1. The predicted octanol–water partition coefficient (Wildman–Crippen LogP) is 6.71. The molecule has 2 rings (SSSR count). The topological polar surface area (TPSA) is 35.5 Å². The number of ketones is 1. The van der Waals surface area contributed by atoms with Gasteiger partial charge in [0.05, 0.1) is 12.2 Å². The molecule has 0 amide bonds. The van der Waals surface area contributed by atoms with E-state index in [2.05, 4.69) is 74.7 Å². The van der Waals surface area contributed by atoms with Crippen LogP contribution < -0.4 is 0 Å². The van der Waals surface area contributed by atoms with Crippen molar-refractivity contribution in [3.8, 4) is 0 Å². The molecule has 3 nitrogen and oxygen atoms in total. The van der Waals surface area contributed by atoms with E-state index in [1.54, 1.807) is 0 Å². The van der Waals surface area contributed by atoms with E-state index >= 15 is 0 Å². The fourth-order valence-corrected chi connectivity index (χ4v) is 6.67. The number of carbonyl (C=O) groups excluding carboxylic acids is 1. The van der Waals surface area contributed by atoms with Gasteiger partial charge in [-0.05, 0) is 73.1 Å². The van der Waals surface area contributed by atoms with Crippen molar-refractivity contribution in [1.29, 1.82) is 0 Å². The first-order valence-corrected chi connectivity index (χ1v) is 16.8. The van der Waals surface area contributed by atoms with Crippen molar-refractivity contribution in [3.05, 3.63) is 11.1 Å². The van der Waals surface area contributed by atoms with E-state index in [-0.39, 0.29) is 28.2 Å². The minimum Gasteiger partial charge on any atom is -0.411 e. The van der Waals surface area contributed by atoms with Gasteiger partial charge in [-0.15, -0.1) is 0 Å². The zero-order valence-electron chi connectivity index (χ0n) is 20.4. The molecule has 2 aliphatic rings. The fraction of sp³-hybridized carbons (Fsp3) is 0.870. The van der Waals surface area contributed by atoms with Crippen LogP contribution in [0.3, 0.4) is 0 Å². The van der Waals surface area contributed by atoms with Crippen LogP contribution in [0.4, 0.5) is 0 Å². The molecule has 28 heavy (non-hydrogen) atoms. The Balaban J connectivity index is 2.47. The zero-order valence-corrected chi connectivity index (χ0v) is 22.4. The van der Waals surface area contributed by atoms with Crippen LogP contribution in [0.15, 0.2) is 11.1 Å². The molecule has 0 spiro atoms. The van der Waals surface area contributed by atoms with Crippen molar-refractivity contribution in [3.63, 3.8) is 0 Å². The van der Waals surface area contributed by atoms with E-state index in [0.29, 0.717) is 11.7 Å². The molecule has 0 N–H and O–H groups in total. The molecule has 0 aromatic carbocycles. The maximum atomic E-state index is 12.8. The lowest BCUT2D eigenvalue weighted by atomic mass is 9.78. The Bertz CT molecular complexity index is 650. The summed E-state index contributed by atoms with van der Waals surface area (Å²) in [4.78, 5) is 12.8. The summed E-state index contributed by atoms with van der Waals surface area (Å²) in [5.41, 5.74) is 2.21. The number of Topliss-reactive ketones (excluding diaryl/α,β-unsaturated/α-hetero) is 1. The van der Waals surface area contributed by atoms with E-state index in [1.807, 2.05) is 6.92 Å². The van der Waals surface area contributed by atoms with Gasteiger partial charge in [-0.1, -0.05) is 48.5 Å². The molecular weight excluding hydrogens is 380 g/mol. The summed E-state index contributed by atoms with van der Waals surface area (Å²) >= 11 is 0. The molecule has 0 unspecified atom stereocenters. The van der Waals surface area contributed by atoms with Crippen molar-refractivity contribution in [2.75, 3.05) is 0 Å². The van der Waals surface area contributed by atoms with Crippen molar-refractivity contribution in [2.45, 2.75) is 117 Å². The number of carbonyl (C=O) groups is 1. The minimum absolute atomic E-state index is 0.0642. The average molecular weight is 425 g/mol. The highest BCUT2D eigenvalue weighted by atomic mass is 28.4. The molecule has 0 aromatic heterocycles. The van der Waals surface area contributed by atoms with Crippen LogP contribution in [-0.2, 0) is 13.6 Å². The Hall–Kier alpha value is -0.236. The predicted molar refractivity (Wildman–Crippen MR) is 124 cm³/mol. The van der Waals surface area contributed by atoms with Gasteiger partial charge < -0.3 is 8.85 Å². The first-order valence-electron chi connectivity index (χ1n) is 11.0. The minimum atomic E-state index is -2.00. The molecule has 2 aliphatic carbocycles. The number of rotatable bonds is 4. The SMILES string of the molecule is CC1=C2[C@@H](CC[C@H](O[Si](C)(C)C(C)(C)C)[C@H]2O[Si](C)(C)C(C)(C)C)[C@@H](C)C1=O. The monoisotopic (exact) mass is 424 g/mol. The molecule has 0 bridgehead atoms. The largest absolute Gasteiger partial charge is 0.411 e. The summed E-state index contributed by atoms with van der Waals surface area (Å²) in [5, 5.41) is 0.289. The highest BCUT2D eigenvalue weighted by molar-refractivity contribution is 6.74. The van der Waals surface area contributed by atoms with E-state index < -0.39 is 16.6 Å². The second-order valence-corrected chi connectivity index (χ2v) is 21.6. The van der Waals surface area contributed by atoms with Gasteiger partial charge >= 0.3 is 0 Å². The lowest BCUT2D eigenvalue weighted by molar-refractivity contribution is -0.118. The summed E-state index contributed by atoms with van der Waals surface area (Å²) in [5.74, 6) is 0.743. The highest BCUT2D eigenvalue weighted by Gasteiger charge is 2.51. The van der Waals surface area contributed by atoms with Crippen molar-refractivity contribution in [2.24, 2.45) is 11.8 Å². The first-order chi connectivity index (χ1) is 12.4. The van der Waals surface area contributed by atoms with Gasteiger partial charge in [-0.25, -0.2) is 0 Å². The Morgan fingerprint density at radius 2 is 1.32 bits per heavy atom. The first kappa shape index (κ1) is 24.0. The number of allylic oxidation sites excluding steroid dienone is 1. The molecule has 0 heterocycles. The van der Waals surface area contributed by atoms with E-state index in [1.165, 1.54) is 5.57 Å². The van der Waals surface area contributed by atoms with Gasteiger partial charge in [0.1, 0.15) is 0 Å². The van der Waals surface area contributed by atoms with Crippen LogP contribution in [-0.4, -0.2) is 34.6 Å². The Labute approximate surface area is 175 Å². The summed E-state index contributed by atoms with van der Waals surface area (Å²) in [7, 11) is -3.93. The van der Waals surface area contributed by atoms with Gasteiger partial charge in [-0.3, -0.25) is 4.79 Å². The quantitative estimate of drug-likeness (QED) is 0.470. The standard InChI is InChI=1S/C23H44O3Si2/c1-15-17-13-14-18(25-27(9,10)22(3,4)5)21(19(17)16(2)20(15)24)26-28(11,12)23(6,7)8/h15,17-18,21H,13-14H2,1-12H3/t15-,17+,18+,21-/m1/s1. The summed E-state index contributed by atoms with van der Waals surface area (Å²) in [6, 6.07) is 0. The van der Waals surface area contributed by atoms with Crippen molar-refractivity contribution >= 4 is 22.4 Å². The summed E-state index contributed by atoms with van der Waals surface area (Å²) < 4.78 is 14.0. The van der Waals surface area contributed by atoms with Crippen LogP contribution in [0.2, 0.25) is 36.3 Å². The Kier molecular flexibility index (Phi) is 6.41. The normalized spacial score (nSPS) is 30.1. The molecule has 1 saturated carbocycles. The molecule has 5 heteroatoms. The third kappa shape index (κ3) is 4.28. The number of hydrogen-bond donors (Lipinski definition) is 0. The van der Waals surface area contributed by atoms with E-state index in [0.717, 1.165) is 18.4 Å². The molecule has 0 saturated heterocycles. The fourth-order valence-electron chi connectivity index (χ4n) is 4.05. The maximum absolute atomic E-state index is 12.8.